The lowest BCUT2D eigenvalue weighted by molar-refractivity contribution is 0.104. The van der Waals surface area contributed by atoms with Crippen LogP contribution in [0.15, 0.2) is 53.6 Å². The number of allylic oxidation sites excluding steroid dienone is 3. The van der Waals surface area contributed by atoms with Crippen molar-refractivity contribution in [1.29, 1.82) is 10.5 Å². The Hall–Kier alpha value is -3.57. The number of ketones is 1. The third-order valence-corrected chi connectivity index (χ3v) is 3.67. The SMILES string of the molecule is N#CC(C#N)=C1/C(=C/c2ccccc2)C(=O)c2cc(F)c(F)cc21. The summed E-state index contributed by atoms with van der Waals surface area (Å²) in [6, 6.07) is 13.9. The largest absolute Gasteiger partial charge is 0.289 e. The van der Waals surface area contributed by atoms with Crippen LogP contribution < -0.4 is 0 Å². The van der Waals surface area contributed by atoms with Crippen molar-refractivity contribution in [3.05, 3.63) is 81.9 Å². The molecule has 2 aromatic carbocycles. The van der Waals surface area contributed by atoms with E-state index in [0.717, 1.165) is 12.1 Å². The maximum absolute atomic E-state index is 13.6. The van der Waals surface area contributed by atoms with Gasteiger partial charge in [0.25, 0.3) is 0 Å². The molecule has 1 aliphatic rings. The van der Waals surface area contributed by atoms with E-state index < -0.39 is 17.4 Å². The van der Waals surface area contributed by atoms with E-state index in [1.54, 1.807) is 42.5 Å². The molecule has 0 saturated carbocycles. The lowest BCUT2D eigenvalue weighted by atomic mass is 9.98. The van der Waals surface area contributed by atoms with Crippen molar-refractivity contribution in [2.75, 3.05) is 0 Å². The molecule has 0 amide bonds. The maximum atomic E-state index is 13.6. The number of hydrogen-bond donors (Lipinski definition) is 0. The number of Topliss-reactive ketones (excluding diaryl/α,β-unsaturated/α-hetero) is 1. The summed E-state index contributed by atoms with van der Waals surface area (Å²) in [4.78, 5) is 12.6. The summed E-state index contributed by atoms with van der Waals surface area (Å²) in [5.74, 6) is -2.85. The van der Waals surface area contributed by atoms with E-state index in [9.17, 15) is 13.6 Å². The smallest absolute Gasteiger partial charge is 0.194 e. The highest BCUT2D eigenvalue weighted by atomic mass is 19.2. The normalized spacial score (nSPS) is 14.2. The number of hydrogen-bond acceptors (Lipinski definition) is 3. The molecule has 0 N–H and O–H groups in total. The number of nitrogens with zero attached hydrogens (tertiary/aromatic N) is 2. The first-order valence-corrected chi connectivity index (χ1v) is 6.92. The van der Waals surface area contributed by atoms with Gasteiger partial charge in [-0.2, -0.15) is 10.5 Å². The average molecular weight is 318 g/mol. The van der Waals surface area contributed by atoms with Gasteiger partial charge in [0.2, 0.25) is 0 Å². The highest BCUT2D eigenvalue weighted by molar-refractivity contribution is 6.29. The fraction of sp³-hybridized carbons (Fsp3) is 0. The summed E-state index contributed by atoms with van der Waals surface area (Å²) in [6.45, 7) is 0. The van der Waals surface area contributed by atoms with Gasteiger partial charge in [-0.05, 0) is 29.3 Å². The molecule has 0 bridgehead atoms. The Bertz CT molecular complexity index is 990. The van der Waals surface area contributed by atoms with E-state index in [1.807, 2.05) is 0 Å². The van der Waals surface area contributed by atoms with Crippen molar-refractivity contribution < 1.29 is 13.6 Å². The number of benzene rings is 2. The molecular formula is C19H8F2N2O. The molecule has 2 aromatic rings. The molecule has 114 valence electrons. The van der Waals surface area contributed by atoms with E-state index in [0.29, 0.717) is 5.56 Å². The topological polar surface area (TPSA) is 64.7 Å². The molecule has 0 fully saturated rings. The molecule has 0 atom stereocenters. The van der Waals surface area contributed by atoms with Crippen LogP contribution in [0.5, 0.6) is 0 Å². The van der Waals surface area contributed by atoms with Crippen molar-refractivity contribution in [3.63, 3.8) is 0 Å². The van der Waals surface area contributed by atoms with Gasteiger partial charge in [0, 0.05) is 16.7 Å². The third-order valence-electron chi connectivity index (χ3n) is 3.67. The highest BCUT2D eigenvalue weighted by Gasteiger charge is 2.34. The molecule has 0 radical (unpaired) electrons. The Morgan fingerprint density at radius 3 is 2.12 bits per heavy atom. The van der Waals surface area contributed by atoms with E-state index in [4.69, 9.17) is 10.5 Å². The lowest BCUT2D eigenvalue weighted by Gasteiger charge is -2.02. The standard InChI is InChI=1S/C19H8F2N2O/c20-16-7-13-14(8-17(16)21)19(24)15(18(13)12(9-22)10-23)6-11-4-2-1-3-5-11/h1-8H/b15-6-. The molecule has 3 nitrogen and oxygen atoms in total. The fourth-order valence-corrected chi connectivity index (χ4v) is 2.61. The summed E-state index contributed by atoms with van der Waals surface area (Å²) in [7, 11) is 0. The number of carbonyl (C=O) groups excluding carboxylic acids is 1. The van der Waals surface area contributed by atoms with E-state index in [1.165, 1.54) is 6.08 Å². The lowest BCUT2D eigenvalue weighted by Crippen LogP contribution is -1.97. The summed E-state index contributed by atoms with van der Waals surface area (Å²) >= 11 is 0. The summed E-state index contributed by atoms with van der Waals surface area (Å²) in [5, 5.41) is 18.3. The number of carbonyl (C=O) groups is 1. The zero-order chi connectivity index (χ0) is 17.3. The van der Waals surface area contributed by atoms with Crippen molar-refractivity contribution in [3.8, 4) is 12.1 Å². The minimum Gasteiger partial charge on any atom is -0.289 e. The Labute approximate surface area is 136 Å². The molecule has 0 heterocycles. The van der Waals surface area contributed by atoms with Crippen LogP contribution in [0.25, 0.3) is 11.6 Å². The van der Waals surface area contributed by atoms with Crippen LogP contribution >= 0.6 is 0 Å². The van der Waals surface area contributed by atoms with Crippen LogP contribution in [0.1, 0.15) is 21.5 Å². The van der Waals surface area contributed by atoms with E-state index >= 15 is 0 Å². The van der Waals surface area contributed by atoms with Crippen LogP contribution in [0.4, 0.5) is 8.78 Å². The van der Waals surface area contributed by atoms with Crippen LogP contribution in [-0.2, 0) is 0 Å². The molecule has 0 unspecified atom stereocenters. The molecule has 0 saturated heterocycles. The number of rotatable bonds is 1. The van der Waals surface area contributed by atoms with E-state index in [-0.39, 0.29) is 27.8 Å². The average Bonchev–Trinajstić information content (AvgIpc) is 2.83. The number of fused-ring (bicyclic) bond motifs is 1. The molecule has 0 aliphatic heterocycles. The maximum Gasteiger partial charge on any atom is 0.194 e. The van der Waals surface area contributed by atoms with Gasteiger partial charge < -0.3 is 0 Å². The molecule has 0 aromatic heterocycles. The van der Waals surface area contributed by atoms with Crippen molar-refractivity contribution in [2.24, 2.45) is 0 Å². The first kappa shape index (κ1) is 15.3. The van der Waals surface area contributed by atoms with Gasteiger partial charge in [-0.3, -0.25) is 4.79 Å². The van der Waals surface area contributed by atoms with Crippen molar-refractivity contribution in [2.45, 2.75) is 0 Å². The Kier molecular flexibility index (Phi) is 3.77. The van der Waals surface area contributed by atoms with Gasteiger partial charge in [0.05, 0.1) is 0 Å². The Balaban J connectivity index is 2.34. The van der Waals surface area contributed by atoms with Gasteiger partial charge in [-0.15, -0.1) is 0 Å². The fourth-order valence-electron chi connectivity index (χ4n) is 2.61. The highest BCUT2D eigenvalue weighted by Crippen LogP contribution is 2.40. The second-order valence-electron chi connectivity index (χ2n) is 5.08. The van der Waals surface area contributed by atoms with Gasteiger partial charge in [-0.25, -0.2) is 8.78 Å². The minimum absolute atomic E-state index is 0.0303. The molecule has 3 rings (SSSR count). The predicted molar refractivity (Wildman–Crippen MR) is 83.3 cm³/mol. The third kappa shape index (κ3) is 2.39. The molecule has 24 heavy (non-hydrogen) atoms. The van der Waals surface area contributed by atoms with Crippen LogP contribution in [0.2, 0.25) is 0 Å². The van der Waals surface area contributed by atoms with Crippen LogP contribution in [-0.4, -0.2) is 5.78 Å². The monoisotopic (exact) mass is 318 g/mol. The molecule has 1 aliphatic carbocycles. The molecule has 5 heteroatoms. The second-order valence-corrected chi connectivity index (χ2v) is 5.08. The minimum atomic E-state index is -1.15. The first-order chi connectivity index (χ1) is 11.6. The van der Waals surface area contributed by atoms with Crippen molar-refractivity contribution >= 4 is 17.4 Å². The second kappa shape index (κ2) is 5.91. The predicted octanol–water partition coefficient (Wildman–Crippen LogP) is 4.05. The van der Waals surface area contributed by atoms with Gasteiger partial charge in [0.1, 0.15) is 17.7 Å². The van der Waals surface area contributed by atoms with Crippen molar-refractivity contribution in [1.82, 2.24) is 0 Å². The zero-order valence-corrected chi connectivity index (χ0v) is 12.2. The molecule has 0 spiro atoms. The number of halogens is 2. The first-order valence-electron chi connectivity index (χ1n) is 6.92. The Morgan fingerprint density at radius 2 is 1.54 bits per heavy atom. The Morgan fingerprint density at radius 1 is 0.958 bits per heavy atom. The zero-order valence-electron chi connectivity index (χ0n) is 12.2. The van der Waals surface area contributed by atoms with Crippen LogP contribution in [0, 0.1) is 34.3 Å². The van der Waals surface area contributed by atoms with Gasteiger partial charge in [0.15, 0.2) is 17.4 Å². The molecular weight excluding hydrogens is 310 g/mol. The summed E-state index contributed by atoms with van der Waals surface area (Å²) < 4.78 is 27.1. The number of nitriles is 2. The van der Waals surface area contributed by atoms with E-state index in [2.05, 4.69) is 0 Å². The van der Waals surface area contributed by atoms with Gasteiger partial charge >= 0.3 is 0 Å². The summed E-state index contributed by atoms with van der Waals surface area (Å²) in [6.07, 6.45) is 1.50. The summed E-state index contributed by atoms with van der Waals surface area (Å²) in [5.41, 5.74) is 0.438. The quantitative estimate of drug-likeness (QED) is 0.588. The van der Waals surface area contributed by atoms with Gasteiger partial charge in [-0.1, -0.05) is 30.3 Å². The van der Waals surface area contributed by atoms with Crippen LogP contribution in [0.3, 0.4) is 0 Å².